The molecule has 2 aromatic rings. The lowest BCUT2D eigenvalue weighted by Gasteiger charge is -2.27. The van der Waals surface area contributed by atoms with Gasteiger partial charge in [-0.2, -0.15) is 0 Å². The predicted molar refractivity (Wildman–Crippen MR) is 121 cm³/mol. The first-order valence-electron chi connectivity index (χ1n) is 10.7. The Morgan fingerprint density at radius 1 is 1.13 bits per heavy atom. The molecule has 2 aromatic carbocycles. The van der Waals surface area contributed by atoms with Crippen LogP contribution in [0.4, 0.5) is 0 Å². The maximum absolute atomic E-state index is 13.0. The van der Waals surface area contributed by atoms with Gasteiger partial charge in [0.15, 0.2) is 0 Å². The molecule has 0 aliphatic carbocycles. The fourth-order valence-electron chi connectivity index (χ4n) is 3.95. The third-order valence-electron chi connectivity index (χ3n) is 5.73. The van der Waals surface area contributed by atoms with Crippen molar-refractivity contribution in [1.29, 1.82) is 5.41 Å². The number of likely N-dealkylation sites (tertiary alicyclic amines) is 1. The second-order valence-electron chi connectivity index (χ2n) is 8.31. The number of benzene rings is 2. The monoisotopic (exact) mass is 421 g/mol. The first-order valence-corrected chi connectivity index (χ1v) is 10.7. The van der Waals surface area contributed by atoms with Crippen molar-refractivity contribution in [3.05, 3.63) is 71.3 Å². The molecule has 1 heterocycles. The maximum Gasteiger partial charge on any atom is 0.243 e. The molecule has 1 aliphatic rings. The van der Waals surface area contributed by atoms with Gasteiger partial charge in [-0.3, -0.25) is 15.0 Å². The van der Waals surface area contributed by atoms with Gasteiger partial charge < -0.3 is 21.7 Å². The van der Waals surface area contributed by atoms with Crippen molar-refractivity contribution in [2.75, 3.05) is 6.54 Å². The zero-order valence-corrected chi connectivity index (χ0v) is 17.9. The normalized spacial score (nSPS) is 19.1. The van der Waals surface area contributed by atoms with Crippen molar-refractivity contribution in [1.82, 2.24) is 10.2 Å². The average molecular weight is 422 g/mol. The van der Waals surface area contributed by atoms with Crippen LogP contribution in [0.15, 0.2) is 54.6 Å². The van der Waals surface area contributed by atoms with Gasteiger partial charge in [-0.15, -0.1) is 0 Å². The van der Waals surface area contributed by atoms with Crippen LogP contribution in [0.2, 0.25) is 0 Å². The van der Waals surface area contributed by atoms with Crippen LogP contribution in [-0.4, -0.2) is 41.2 Å². The number of hydrogen-bond acceptors (Lipinski definition) is 4. The van der Waals surface area contributed by atoms with Crippen LogP contribution in [-0.2, 0) is 22.6 Å². The molecule has 7 nitrogen and oxygen atoms in total. The van der Waals surface area contributed by atoms with E-state index in [0.717, 1.165) is 17.5 Å². The van der Waals surface area contributed by atoms with Crippen molar-refractivity contribution in [3.8, 4) is 0 Å². The molecule has 3 rings (SSSR count). The Kier molecular flexibility index (Phi) is 7.41. The Hall–Kier alpha value is -3.19. The van der Waals surface area contributed by atoms with Crippen LogP contribution >= 0.6 is 0 Å². The van der Waals surface area contributed by atoms with E-state index in [0.29, 0.717) is 31.5 Å². The standard InChI is InChI=1S/C24H31N5O2/c1-16-13-21(23(30)28-14-18-7-10-19(11-8-18)22(26)27)29(15-16)24(31)20(25)12-9-17-5-3-2-4-6-17/h2-8,10-11,16,20-21H,9,12-15,25H2,1H3,(H3,26,27)(H,28,30)/t16-,20-,21+/m1/s1. The Balaban J connectivity index is 1.56. The van der Waals surface area contributed by atoms with E-state index in [-0.39, 0.29) is 23.6 Å². The maximum atomic E-state index is 13.0. The van der Waals surface area contributed by atoms with Crippen molar-refractivity contribution in [2.24, 2.45) is 17.4 Å². The summed E-state index contributed by atoms with van der Waals surface area (Å²) in [7, 11) is 0. The molecule has 1 aliphatic heterocycles. The van der Waals surface area contributed by atoms with Crippen molar-refractivity contribution < 1.29 is 9.59 Å². The molecule has 0 unspecified atom stereocenters. The molecule has 164 valence electrons. The number of carbonyl (C=O) groups is 2. The molecule has 7 heteroatoms. The fourth-order valence-corrected chi connectivity index (χ4v) is 3.95. The fraction of sp³-hybridized carbons (Fsp3) is 0.375. The number of nitrogen functional groups attached to an aromatic ring is 1. The third kappa shape index (κ3) is 5.92. The zero-order chi connectivity index (χ0) is 22.4. The smallest absolute Gasteiger partial charge is 0.243 e. The lowest BCUT2D eigenvalue weighted by molar-refractivity contribution is -0.139. The SMILES string of the molecule is C[C@@H]1C[C@@H](C(=O)NCc2ccc(C(=N)N)cc2)N(C(=O)[C@H](N)CCc2ccccc2)C1. The van der Waals surface area contributed by atoms with Crippen molar-refractivity contribution >= 4 is 17.6 Å². The van der Waals surface area contributed by atoms with Gasteiger partial charge >= 0.3 is 0 Å². The van der Waals surface area contributed by atoms with E-state index in [1.165, 1.54) is 0 Å². The summed E-state index contributed by atoms with van der Waals surface area (Å²) in [5.41, 5.74) is 14.4. The molecule has 0 radical (unpaired) electrons. The van der Waals surface area contributed by atoms with Crippen LogP contribution in [0.3, 0.4) is 0 Å². The first-order chi connectivity index (χ1) is 14.8. The highest BCUT2D eigenvalue weighted by atomic mass is 16.2. The van der Waals surface area contributed by atoms with E-state index in [9.17, 15) is 9.59 Å². The molecule has 1 saturated heterocycles. The van der Waals surface area contributed by atoms with Crippen molar-refractivity contribution in [3.63, 3.8) is 0 Å². The van der Waals surface area contributed by atoms with Crippen LogP contribution in [0.5, 0.6) is 0 Å². The van der Waals surface area contributed by atoms with Crippen LogP contribution in [0.1, 0.15) is 36.5 Å². The van der Waals surface area contributed by atoms with Gasteiger partial charge in [0.05, 0.1) is 6.04 Å². The molecule has 0 bridgehead atoms. The summed E-state index contributed by atoms with van der Waals surface area (Å²) < 4.78 is 0. The van der Waals surface area contributed by atoms with Gasteiger partial charge in [0, 0.05) is 18.7 Å². The largest absolute Gasteiger partial charge is 0.384 e. The number of rotatable bonds is 8. The minimum atomic E-state index is -0.625. The average Bonchev–Trinajstić information content (AvgIpc) is 3.18. The minimum absolute atomic E-state index is 0.00767. The minimum Gasteiger partial charge on any atom is -0.384 e. The number of aryl methyl sites for hydroxylation is 1. The second kappa shape index (κ2) is 10.2. The van der Waals surface area contributed by atoms with E-state index < -0.39 is 12.1 Å². The number of nitrogens with two attached hydrogens (primary N) is 2. The molecule has 0 spiro atoms. The zero-order valence-electron chi connectivity index (χ0n) is 17.9. The van der Waals surface area contributed by atoms with Crippen LogP contribution < -0.4 is 16.8 Å². The number of hydrogen-bond donors (Lipinski definition) is 4. The first kappa shape index (κ1) is 22.5. The highest BCUT2D eigenvalue weighted by molar-refractivity contribution is 5.95. The summed E-state index contributed by atoms with van der Waals surface area (Å²) in [5.74, 6) is -0.0704. The molecule has 3 atom stereocenters. The Morgan fingerprint density at radius 3 is 2.45 bits per heavy atom. The highest BCUT2D eigenvalue weighted by Gasteiger charge is 2.39. The second-order valence-corrected chi connectivity index (χ2v) is 8.31. The summed E-state index contributed by atoms with van der Waals surface area (Å²) in [6.07, 6.45) is 1.90. The van der Waals surface area contributed by atoms with E-state index in [4.69, 9.17) is 16.9 Å². The third-order valence-corrected chi connectivity index (χ3v) is 5.73. The van der Waals surface area contributed by atoms with Gasteiger partial charge in [0.1, 0.15) is 11.9 Å². The van der Waals surface area contributed by atoms with Crippen LogP contribution in [0, 0.1) is 11.3 Å². The van der Waals surface area contributed by atoms with Gasteiger partial charge in [-0.25, -0.2) is 0 Å². The van der Waals surface area contributed by atoms with Gasteiger partial charge in [-0.05, 0) is 36.3 Å². The van der Waals surface area contributed by atoms with E-state index in [2.05, 4.69) is 5.32 Å². The molecule has 0 saturated carbocycles. The van der Waals surface area contributed by atoms with Crippen LogP contribution in [0.25, 0.3) is 0 Å². The topological polar surface area (TPSA) is 125 Å². The van der Waals surface area contributed by atoms with Gasteiger partial charge in [0.25, 0.3) is 0 Å². The summed E-state index contributed by atoms with van der Waals surface area (Å²) in [6.45, 7) is 2.94. The summed E-state index contributed by atoms with van der Waals surface area (Å²) in [6, 6.07) is 16.0. The molecule has 6 N–H and O–H groups in total. The number of amides is 2. The number of carbonyl (C=O) groups excluding carboxylic acids is 2. The van der Waals surface area contributed by atoms with Crippen molar-refractivity contribution in [2.45, 2.75) is 44.8 Å². The van der Waals surface area contributed by atoms with Gasteiger partial charge in [0.2, 0.25) is 11.8 Å². The summed E-state index contributed by atoms with van der Waals surface area (Å²) in [4.78, 5) is 27.5. The quantitative estimate of drug-likeness (QED) is 0.383. The van der Waals surface area contributed by atoms with Gasteiger partial charge in [-0.1, -0.05) is 61.5 Å². The summed E-state index contributed by atoms with van der Waals surface area (Å²) in [5, 5.41) is 10.4. The molecule has 1 fully saturated rings. The summed E-state index contributed by atoms with van der Waals surface area (Å²) >= 11 is 0. The van der Waals surface area contributed by atoms with E-state index in [1.54, 1.807) is 17.0 Å². The number of amidine groups is 1. The van der Waals surface area contributed by atoms with E-state index in [1.807, 2.05) is 49.4 Å². The Morgan fingerprint density at radius 2 is 1.81 bits per heavy atom. The molecular formula is C24H31N5O2. The predicted octanol–water partition coefficient (Wildman–Crippen LogP) is 1.78. The Bertz CT molecular complexity index is 913. The lowest BCUT2D eigenvalue weighted by atomic mass is 10.0. The number of nitrogens with one attached hydrogen (secondary N) is 2. The molecule has 0 aromatic heterocycles. The Labute approximate surface area is 183 Å². The van der Waals surface area contributed by atoms with E-state index >= 15 is 0 Å². The molecule has 31 heavy (non-hydrogen) atoms. The number of nitrogens with zero attached hydrogens (tertiary/aromatic N) is 1. The molecule has 2 amide bonds. The lowest BCUT2D eigenvalue weighted by Crippen LogP contribution is -2.51. The highest BCUT2D eigenvalue weighted by Crippen LogP contribution is 2.24. The molecular weight excluding hydrogens is 390 g/mol.